The smallest absolute Gasteiger partial charge is 0.251 e. The van der Waals surface area contributed by atoms with Crippen LogP contribution in [0.5, 0.6) is 0 Å². The lowest BCUT2D eigenvalue weighted by Crippen LogP contribution is -2.42. The molecule has 8 heteroatoms. The number of nitrogens with zero attached hydrogens (tertiary/aromatic N) is 1. The highest BCUT2D eigenvalue weighted by atomic mass is 19.1. The number of hydrogen-bond acceptors (Lipinski definition) is 5. The Hall–Kier alpha value is -2.55. The molecule has 1 aromatic heterocycles. The van der Waals surface area contributed by atoms with Crippen LogP contribution in [-0.4, -0.2) is 40.9 Å². The molecular formula is C22H27FN4O3. The summed E-state index contributed by atoms with van der Waals surface area (Å²) >= 11 is 0. The van der Waals surface area contributed by atoms with Crippen LogP contribution < -0.4 is 16.1 Å². The Balaban J connectivity index is 1.58. The van der Waals surface area contributed by atoms with Gasteiger partial charge >= 0.3 is 0 Å². The van der Waals surface area contributed by atoms with E-state index in [2.05, 4.69) is 10.6 Å². The van der Waals surface area contributed by atoms with Gasteiger partial charge in [-0.05, 0) is 73.6 Å². The summed E-state index contributed by atoms with van der Waals surface area (Å²) in [7, 11) is 0. The lowest BCUT2D eigenvalue weighted by atomic mass is 9.98. The number of pyridine rings is 1. The average molecular weight is 414 g/mol. The first kappa shape index (κ1) is 20.7. The van der Waals surface area contributed by atoms with Gasteiger partial charge in [0, 0.05) is 37.1 Å². The van der Waals surface area contributed by atoms with Crippen molar-refractivity contribution in [1.82, 2.24) is 15.2 Å². The van der Waals surface area contributed by atoms with Crippen LogP contribution in [0.2, 0.25) is 0 Å². The summed E-state index contributed by atoms with van der Waals surface area (Å²) in [5.74, 6) is -0.747. The predicted molar refractivity (Wildman–Crippen MR) is 109 cm³/mol. The third-order valence-electron chi connectivity index (χ3n) is 5.68. The Labute approximate surface area is 174 Å². The number of halogens is 1. The van der Waals surface area contributed by atoms with Crippen molar-refractivity contribution >= 4 is 5.91 Å². The molecule has 2 aromatic rings. The third-order valence-corrected chi connectivity index (χ3v) is 5.68. The molecule has 1 saturated carbocycles. The maximum absolute atomic E-state index is 14.5. The number of ether oxygens (including phenoxy) is 1. The van der Waals surface area contributed by atoms with E-state index in [0.29, 0.717) is 29.9 Å². The maximum Gasteiger partial charge on any atom is 0.251 e. The van der Waals surface area contributed by atoms with Gasteiger partial charge < -0.3 is 15.2 Å². The highest BCUT2D eigenvalue weighted by Gasteiger charge is 2.25. The van der Waals surface area contributed by atoms with Crippen LogP contribution in [0.25, 0.3) is 11.1 Å². The minimum Gasteiger partial charge on any atom is -0.381 e. The van der Waals surface area contributed by atoms with Crippen LogP contribution in [-0.2, 0) is 4.74 Å². The van der Waals surface area contributed by atoms with Crippen LogP contribution in [0, 0.1) is 18.2 Å². The zero-order valence-corrected chi connectivity index (χ0v) is 17.0. The second-order valence-electron chi connectivity index (χ2n) is 8.01. The van der Waals surface area contributed by atoms with Gasteiger partial charge in [0.1, 0.15) is 11.3 Å². The minimum atomic E-state index is -1.04. The van der Waals surface area contributed by atoms with E-state index >= 15 is 0 Å². The number of hydrogen-bond donors (Lipinski definition) is 4. The van der Waals surface area contributed by atoms with Gasteiger partial charge in [0.2, 0.25) is 0 Å². The first-order chi connectivity index (χ1) is 14.4. The number of benzene rings is 1. The first-order valence-corrected chi connectivity index (χ1v) is 10.3. The summed E-state index contributed by atoms with van der Waals surface area (Å²) in [6, 6.07) is 6.51. The van der Waals surface area contributed by atoms with Crippen LogP contribution in [0.1, 0.15) is 48.0 Å². The molecule has 160 valence electrons. The lowest BCUT2D eigenvalue weighted by molar-refractivity contribution is 0.0165. The number of amides is 1. The zero-order valence-electron chi connectivity index (χ0n) is 17.0. The highest BCUT2D eigenvalue weighted by Crippen LogP contribution is 2.27. The highest BCUT2D eigenvalue weighted by molar-refractivity contribution is 5.96. The predicted octanol–water partition coefficient (Wildman–Crippen LogP) is 2.19. The molecule has 2 fully saturated rings. The van der Waals surface area contributed by atoms with Gasteiger partial charge in [0.25, 0.3) is 5.91 Å². The fourth-order valence-electron chi connectivity index (χ4n) is 3.65. The molecule has 1 saturated heterocycles. The van der Waals surface area contributed by atoms with Gasteiger partial charge in [-0.3, -0.25) is 20.1 Å². The van der Waals surface area contributed by atoms with Crippen molar-refractivity contribution in [3.05, 3.63) is 52.9 Å². The number of aliphatic hydroxyl groups is 1. The monoisotopic (exact) mass is 414 g/mol. The summed E-state index contributed by atoms with van der Waals surface area (Å²) in [5, 5.41) is 24.8. The molecule has 0 radical (unpaired) electrons. The zero-order chi connectivity index (χ0) is 21.3. The molecule has 1 aliphatic carbocycles. The van der Waals surface area contributed by atoms with E-state index in [1.807, 2.05) is 0 Å². The summed E-state index contributed by atoms with van der Waals surface area (Å²) in [6.45, 7) is 2.95. The lowest BCUT2D eigenvalue weighted by Gasteiger charge is -2.27. The normalized spacial score (nSPS) is 18.2. The minimum absolute atomic E-state index is 0.0761. The average Bonchev–Trinajstić information content (AvgIpc) is 3.54. The molecule has 2 aliphatic rings. The molecule has 2 heterocycles. The molecule has 30 heavy (non-hydrogen) atoms. The Bertz CT molecular complexity index is 996. The SMILES string of the molecule is Cc1c(F)cc(C(=O)NC2CC2)cc1-c1ccn(C(O)NC2CCOCC2)c(=N)c1. The van der Waals surface area contributed by atoms with Crippen molar-refractivity contribution in [3.63, 3.8) is 0 Å². The standard InChI is InChI=1S/C22H27FN4O3/c1-13-18(10-15(11-19(13)23)21(28)25-16-2-3-16)14-4-7-27(20(24)12-14)22(29)26-17-5-8-30-9-6-17/h4,7,10-12,16-17,22,24,26,29H,2-3,5-6,8-9H2,1H3,(H,25,28). The van der Waals surface area contributed by atoms with E-state index < -0.39 is 12.2 Å². The quantitative estimate of drug-likeness (QED) is 0.545. The number of aromatic nitrogens is 1. The number of carbonyl (C=O) groups is 1. The van der Waals surface area contributed by atoms with Crippen molar-refractivity contribution in [3.8, 4) is 11.1 Å². The van der Waals surface area contributed by atoms with Gasteiger partial charge in [-0.25, -0.2) is 4.39 Å². The second-order valence-corrected chi connectivity index (χ2v) is 8.01. The molecule has 0 spiro atoms. The first-order valence-electron chi connectivity index (χ1n) is 10.3. The van der Waals surface area contributed by atoms with Gasteiger partial charge in [0.15, 0.2) is 6.35 Å². The van der Waals surface area contributed by atoms with Gasteiger partial charge in [-0.15, -0.1) is 0 Å². The number of carbonyl (C=O) groups excluding carboxylic acids is 1. The van der Waals surface area contributed by atoms with E-state index in [0.717, 1.165) is 25.7 Å². The summed E-state index contributed by atoms with van der Waals surface area (Å²) in [5.41, 5.74) is 1.93. The summed E-state index contributed by atoms with van der Waals surface area (Å²) < 4.78 is 21.2. The van der Waals surface area contributed by atoms with Crippen LogP contribution in [0.15, 0.2) is 30.5 Å². The molecule has 4 N–H and O–H groups in total. The number of aliphatic hydroxyl groups excluding tert-OH is 1. The molecule has 1 atom stereocenters. The Morgan fingerprint density at radius 2 is 1.97 bits per heavy atom. The van der Waals surface area contributed by atoms with E-state index in [1.54, 1.807) is 31.3 Å². The van der Waals surface area contributed by atoms with Crippen molar-refractivity contribution < 1.29 is 19.0 Å². The molecule has 1 unspecified atom stereocenters. The molecule has 1 aliphatic heterocycles. The molecule has 1 aromatic carbocycles. The van der Waals surface area contributed by atoms with Crippen molar-refractivity contribution in [2.24, 2.45) is 0 Å². The van der Waals surface area contributed by atoms with Crippen molar-refractivity contribution in [2.45, 2.75) is 51.0 Å². The summed E-state index contributed by atoms with van der Waals surface area (Å²) in [4.78, 5) is 12.4. The fraction of sp³-hybridized carbons (Fsp3) is 0.455. The van der Waals surface area contributed by atoms with E-state index in [4.69, 9.17) is 10.1 Å². The maximum atomic E-state index is 14.5. The Morgan fingerprint density at radius 3 is 2.63 bits per heavy atom. The largest absolute Gasteiger partial charge is 0.381 e. The van der Waals surface area contributed by atoms with Crippen molar-refractivity contribution in [1.29, 1.82) is 5.41 Å². The fourth-order valence-corrected chi connectivity index (χ4v) is 3.65. The molecule has 1 amide bonds. The Kier molecular flexibility index (Phi) is 5.99. The number of rotatable bonds is 6. The van der Waals surface area contributed by atoms with Gasteiger partial charge in [0.05, 0.1) is 0 Å². The molecule has 0 bridgehead atoms. The van der Waals surface area contributed by atoms with Crippen LogP contribution >= 0.6 is 0 Å². The second kappa shape index (κ2) is 8.67. The Morgan fingerprint density at radius 1 is 1.23 bits per heavy atom. The third kappa shape index (κ3) is 4.61. The molecule has 7 nitrogen and oxygen atoms in total. The van der Waals surface area contributed by atoms with Crippen molar-refractivity contribution in [2.75, 3.05) is 13.2 Å². The van der Waals surface area contributed by atoms with Gasteiger partial charge in [-0.1, -0.05) is 0 Å². The van der Waals surface area contributed by atoms with E-state index in [9.17, 15) is 14.3 Å². The van der Waals surface area contributed by atoms with E-state index in [1.165, 1.54) is 10.6 Å². The summed E-state index contributed by atoms with van der Waals surface area (Å²) in [6.07, 6.45) is 4.08. The van der Waals surface area contributed by atoms with E-state index in [-0.39, 0.29) is 29.0 Å². The molecule has 4 rings (SSSR count). The topological polar surface area (TPSA) is 99.4 Å². The number of nitrogens with one attached hydrogen (secondary N) is 3. The van der Waals surface area contributed by atoms with Gasteiger partial charge in [-0.2, -0.15) is 0 Å². The molecular weight excluding hydrogens is 387 g/mol. The van der Waals surface area contributed by atoms with Crippen LogP contribution in [0.4, 0.5) is 4.39 Å². The van der Waals surface area contributed by atoms with Crippen LogP contribution in [0.3, 0.4) is 0 Å².